The van der Waals surface area contributed by atoms with Gasteiger partial charge in [-0.2, -0.15) is 0 Å². The number of nitrogens with one attached hydrogen (secondary N) is 1. The summed E-state index contributed by atoms with van der Waals surface area (Å²) in [4.78, 5) is 14.4. The molecule has 1 heterocycles. The fraction of sp³-hybridized carbons (Fsp3) is 0.588. The average molecular weight is 272 g/mol. The number of aryl methyl sites for hydroxylation is 2. The Morgan fingerprint density at radius 1 is 1.30 bits per heavy atom. The Hall–Kier alpha value is -1.35. The maximum Gasteiger partial charge on any atom is 0.240 e. The average Bonchev–Trinajstić information content (AvgIpc) is 2.97. The zero-order valence-electron chi connectivity index (χ0n) is 12.3. The van der Waals surface area contributed by atoms with Crippen LogP contribution in [0.25, 0.3) is 0 Å². The van der Waals surface area contributed by atoms with Crippen LogP contribution < -0.4 is 10.2 Å². The Balaban J connectivity index is 1.66. The molecule has 0 aromatic heterocycles. The smallest absolute Gasteiger partial charge is 0.240 e. The van der Waals surface area contributed by atoms with Crippen molar-refractivity contribution < 1.29 is 4.79 Å². The molecule has 0 bridgehead atoms. The van der Waals surface area contributed by atoms with Crippen LogP contribution >= 0.6 is 0 Å². The zero-order valence-corrected chi connectivity index (χ0v) is 12.3. The quantitative estimate of drug-likeness (QED) is 0.917. The molecule has 0 atom stereocenters. The summed E-state index contributed by atoms with van der Waals surface area (Å²) in [5.74, 6) is 0.224. The van der Waals surface area contributed by atoms with Gasteiger partial charge in [0.05, 0.1) is 6.54 Å². The Labute approximate surface area is 121 Å². The van der Waals surface area contributed by atoms with E-state index in [1.54, 1.807) is 0 Å². The van der Waals surface area contributed by atoms with Gasteiger partial charge < -0.3 is 10.2 Å². The van der Waals surface area contributed by atoms with E-state index < -0.39 is 0 Å². The molecule has 1 amide bonds. The molecule has 1 fully saturated rings. The number of benzene rings is 1. The number of hydrogen-bond donors (Lipinski definition) is 1. The topological polar surface area (TPSA) is 32.3 Å². The Bertz CT molecular complexity index is 492. The van der Waals surface area contributed by atoms with E-state index in [2.05, 4.69) is 30.4 Å². The summed E-state index contributed by atoms with van der Waals surface area (Å²) in [6.07, 6.45) is 7.23. The van der Waals surface area contributed by atoms with Crippen molar-refractivity contribution in [2.45, 2.75) is 51.5 Å². The molecule has 0 saturated heterocycles. The molecule has 3 heteroatoms. The van der Waals surface area contributed by atoms with Crippen LogP contribution in [0, 0.1) is 6.92 Å². The number of amides is 1. The number of rotatable bonds is 3. The van der Waals surface area contributed by atoms with Gasteiger partial charge in [-0.25, -0.2) is 0 Å². The first kappa shape index (κ1) is 13.6. The van der Waals surface area contributed by atoms with Crippen LogP contribution in [0.2, 0.25) is 0 Å². The van der Waals surface area contributed by atoms with E-state index in [4.69, 9.17) is 0 Å². The molecule has 108 valence electrons. The van der Waals surface area contributed by atoms with Gasteiger partial charge in [-0.05, 0) is 44.2 Å². The van der Waals surface area contributed by atoms with E-state index in [0.717, 1.165) is 25.1 Å². The van der Waals surface area contributed by atoms with Crippen molar-refractivity contribution in [1.29, 1.82) is 0 Å². The number of fused-ring (bicyclic) bond motifs is 1. The van der Waals surface area contributed by atoms with Crippen molar-refractivity contribution in [3.8, 4) is 0 Å². The molecule has 3 rings (SSSR count). The van der Waals surface area contributed by atoms with Gasteiger partial charge in [-0.15, -0.1) is 0 Å². The van der Waals surface area contributed by atoms with Crippen molar-refractivity contribution in [2.75, 3.05) is 18.0 Å². The molecule has 0 radical (unpaired) electrons. The molecule has 3 nitrogen and oxygen atoms in total. The largest absolute Gasteiger partial charge is 0.311 e. The lowest BCUT2D eigenvalue weighted by Gasteiger charge is -2.30. The van der Waals surface area contributed by atoms with Crippen LogP contribution in [0.15, 0.2) is 18.2 Å². The van der Waals surface area contributed by atoms with E-state index >= 15 is 0 Å². The molecule has 1 aliphatic carbocycles. The van der Waals surface area contributed by atoms with Gasteiger partial charge in [0.1, 0.15) is 0 Å². The highest BCUT2D eigenvalue weighted by Gasteiger charge is 2.23. The van der Waals surface area contributed by atoms with Gasteiger partial charge in [0.25, 0.3) is 0 Å². The van der Waals surface area contributed by atoms with E-state index in [-0.39, 0.29) is 5.91 Å². The van der Waals surface area contributed by atoms with Crippen molar-refractivity contribution >= 4 is 11.6 Å². The highest BCUT2D eigenvalue weighted by atomic mass is 16.2. The Morgan fingerprint density at radius 3 is 2.90 bits per heavy atom. The van der Waals surface area contributed by atoms with Crippen molar-refractivity contribution in [1.82, 2.24) is 5.32 Å². The van der Waals surface area contributed by atoms with Crippen LogP contribution in [-0.2, 0) is 11.2 Å². The molecule has 1 aliphatic heterocycles. The minimum atomic E-state index is 0.224. The molecular formula is C17H24N2O. The van der Waals surface area contributed by atoms with Gasteiger partial charge in [0.2, 0.25) is 5.91 Å². The second kappa shape index (κ2) is 5.96. The minimum absolute atomic E-state index is 0.224. The third kappa shape index (κ3) is 2.88. The second-order valence-corrected chi connectivity index (χ2v) is 6.14. The molecule has 2 aliphatic rings. The summed E-state index contributed by atoms with van der Waals surface area (Å²) in [5, 5.41) is 3.43. The third-order valence-corrected chi connectivity index (χ3v) is 4.55. The zero-order chi connectivity index (χ0) is 13.9. The number of carbonyl (C=O) groups excluding carboxylic acids is 1. The first-order valence-electron chi connectivity index (χ1n) is 7.87. The summed E-state index contributed by atoms with van der Waals surface area (Å²) >= 11 is 0. The molecule has 0 unspecified atom stereocenters. The lowest BCUT2D eigenvalue weighted by molar-refractivity contribution is -0.118. The van der Waals surface area contributed by atoms with E-state index in [0.29, 0.717) is 12.6 Å². The molecule has 0 spiro atoms. The van der Waals surface area contributed by atoms with Crippen LogP contribution in [0.5, 0.6) is 0 Å². The maximum absolute atomic E-state index is 12.5. The number of carbonyl (C=O) groups is 1. The second-order valence-electron chi connectivity index (χ2n) is 6.14. The lowest BCUT2D eigenvalue weighted by Crippen LogP contribution is -2.43. The van der Waals surface area contributed by atoms with Crippen molar-refractivity contribution in [3.63, 3.8) is 0 Å². The summed E-state index contributed by atoms with van der Waals surface area (Å²) in [5.41, 5.74) is 3.73. The molecule has 1 N–H and O–H groups in total. The minimum Gasteiger partial charge on any atom is -0.311 e. The van der Waals surface area contributed by atoms with E-state index in [1.165, 1.54) is 36.8 Å². The molecule has 1 aromatic carbocycles. The third-order valence-electron chi connectivity index (χ3n) is 4.55. The summed E-state index contributed by atoms with van der Waals surface area (Å²) in [6, 6.07) is 6.99. The van der Waals surface area contributed by atoms with Crippen LogP contribution in [-0.4, -0.2) is 25.0 Å². The first-order valence-corrected chi connectivity index (χ1v) is 7.87. The van der Waals surface area contributed by atoms with Gasteiger partial charge in [0.15, 0.2) is 0 Å². The highest BCUT2D eigenvalue weighted by Crippen LogP contribution is 2.28. The molecular weight excluding hydrogens is 248 g/mol. The first-order chi connectivity index (χ1) is 9.74. The maximum atomic E-state index is 12.5. The number of hydrogen-bond acceptors (Lipinski definition) is 2. The summed E-state index contributed by atoms with van der Waals surface area (Å²) < 4.78 is 0. The van der Waals surface area contributed by atoms with E-state index in [1.807, 2.05) is 4.90 Å². The summed E-state index contributed by atoms with van der Waals surface area (Å²) in [6.45, 7) is 3.46. The van der Waals surface area contributed by atoms with Gasteiger partial charge in [-0.1, -0.05) is 30.5 Å². The molecule has 20 heavy (non-hydrogen) atoms. The summed E-state index contributed by atoms with van der Waals surface area (Å²) in [7, 11) is 0. The SMILES string of the molecule is Cc1ccc2c(c1)CCCN2C(=O)CNC1CCCC1. The Kier molecular flexibility index (Phi) is 4.06. The Morgan fingerprint density at radius 2 is 2.10 bits per heavy atom. The van der Waals surface area contributed by atoms with Crippen LogP contribution in [0.1, 0.15) is 43.2 Å². The standard InChI is InChI=1S/C17H24N2O/c1-13-8-9-16-14(11-13)5-4-10-19(16)17(20)12-18-15-6-2-3-7-15/h8-9,11,15,18H,2-7,10,12H2,1H3. The normalized spacial score (nSPS) is 19.1. The van der Waals surface area contributed by atoms with Crippen molar-refractivity contribution in [2.24, 2.45) is 0 Å². The van der Waals surface area contributed by atoms with Gasteiger partial charge >= 0.3 is 0 Å². The number of anilines is 1. The highest BCUT2D eigenvalue weighted by molar-refractivity contribution is 5.96. The van der Waals surface area contributed by atoms with Crippen LogP contribution in [0.4, 0.5) is 5.69 Å². The fourth-order valence-electron chi connectivity index (χ4n) is 3.44. The van der Waals surface area contributed by atoms with Crippen molar-refractivity contribution in [3.05, 3.63) is 29.3 Å². The molecule has 1 saturated carbocycles. The number of nitrogens with zero attached hydrogens (tertiary/aromatic N) is 1. The lowest BCUT2D eigenvalue weighted by atomic mass is 9.99. The van der Waals surface area contributed by atoms with Gasteiger partial charge in [-0.3, -0.25) is 4.79 Å². The monoisotopic (exact) mass is 272 g/mol. The predicted octanol–water partition coefficient (Wildman–Crippen LogP) is 2.81. The van der Waals surface area contributed by atoms with Crippen LogP contribution in [0.3, 0.4) is 0 Å². The fourth-order valence-corrected chi connectivity index (χ4v) is 3.44. The predicted molar refractivity (Wildman–Crippen MR) is 82.1 cm³/mol. The van der Waals surface area contributed by atoms with Gasteiger partial charge in [0, 0.05) is 18.3 Å². The molecule has 1 aromatic rings. The van der Waals surface area contributed by atoms with E-state index in [9.17, 15) is 4.79 Å².